The van der Waals surface area contributed by atoms with Gasteiger partial charge in [0.25, 0.3) is 0 Å². The molecule has 1 N–H and O–H groups in total. The van der Waals surface area contributed by atoms with Crippen LogP contribution >= 0.6 is 11.8 Å². The van der Waals surface area contributed by atoms with E-state index in [9.17, 15) is 13.2 Å². The van der Waals surface area contributed by atoms with Crippen molar-refractivity contribution in [3.63, 3.8) is 0 Å². The van der Waals surface area contributed by atoms with Crippen molar-refractivity contribution in [1.82, 2.24) is 5.32 Å². The number of rotatable bonds is 11. The van der Waals surface area contributed by atoms with Gasteiger partial charge in [-0.25, -0.2) is 8.42 Å². The summed E-state index contributed by atoms with van der Waals surface area (Å²) in [6, 6.07) is 15.5. The number of benzene rings is 2. The Labute approximate surface area is 177 Å². The summed E-state index contributed by atoms with van der Waals surface area (Å²) in [5, 5.41) is 2.81. The average molecular weight is 437 g/mol. The Morgan fingerprint density at radius 3 is 2.55 bits per heavy atom. The number of methoxy groups -OCH3 is 1. The lowest BCUT2D eigenvalue weighted by atomic mass is 10.2. The number of hydrogen-bond donors (Lipinski definition) is 1. The quantitative estimate of drug-likeness (QED) is 0.548. The van der Waals surface area contributed by atoms with Gasteiger partial charge in [0.05, 0.1) is 19.1 Å². The Balaban J connectivity index is 1.85. The number of thioether (sulfide) groups is 1. The maximum Gasteiger partial charge on any atom is 0.240 e. The number of aryl methyl sites for hydroxylation is 1. The third-order valence-electron chi connectivity index (χ3n) is 4.19. The van der Waals surface area contributed by atoms with E-state index in [-0.39, 0.29) is 12.5 Å². The van der Waals surface area contributed by atoms with E-state index in [2.05, 4.69) is 17.4 Å². The molecule has 0 unspecified atom stereocenters. The number of sulfonamides is 1. The predicted octanol–water partition coefficient (Wildman–Crippen LogP) is 3.21. The van der Waals surface area contributed by atoms with Crippen molar-refractivity contribution in [3.8, 4) is 5.75 Å². The molecule has 6 nitrogen and oxygen atoms in total. The van der Waals surface area contributed by atoms with Gasteiger partial charge >= 0.3 is 0 Å². The van der Waals surface area contributed by atoms with Gasteiger partial charge in [-0.15, -0.1) is 0 Å². The third kappa shape index (κ3) is 7.62. The zero-order chi connectivity index (χ0) is 21.3. The van der Waals surface area contributed by atoms with Gasteiger partial charge in [-0.1, -0.05) is 36.4 Å². The van der Waals surface area contributed by atoms with E-state index in [1.165, 1.54) is 12.7 Å². The number of hydrogen-bond acceptors (Lipinski definition) is 5. The Kier molecular flexibility index (Phi) is 8.85. The molecule has 0 heterocycles. The van der Waals surface area contributed by atoms with E-state index < -0.39 is 10.0 Å². The molecule has 0 spiro atoms. The first kappa shape index (κ1) is 23.1. The number of nitrogens with one attached hydrogen (secondary N) is 1. The van der Waals surface area contributed by atoms with Crippen molar-refractivity contribution in [1.29, 1.82) is 0 Å². The summed E-state index contributed by atoms with van der Waals surface area (Å²) in [6.07, 6.45) is 1.90. The highest BCUT2D eigenvalue weighted by molar-refractivity contribution is 7.98. The molecule has 0 bridgehead atoms. The second-order valence-corrected chi connectivity index (χ2v) is 9.70. The van der Waals surface area contributed by atoms with E-state index >= 15 is 0 Å². The van der Waals surface area contributed by atoms with Gasteiger partial charge in [0.15, 0.2) is 0 Å². The maximum absolute atomic E-state index is 12.3. The van der Waals surface area contributed by atoms with Crippen molar-refractivity contribution in [2.45, 2.75) is 19.1 Å². The first-order chi connectivity index (χ1) is 13.8. The van der Waals surface area contributed by atoms with Crippen molar-refractivity contribution in [2.75, 3.05) is 36.5 Å². The molecule has 2 aromatic rings. The minimum absolute atomic E-state index is 0.282. The molecule has 0 saturated heterocycles. The van der Waals surface area contributed by atoms with Gasteiger partial charge < -0.3 is 10.1 Å². The molecule has 0 aliphatic carbocycles. The van der Waals surface area contributed by atoms with E-state index in [0.29, 0.717) is 18.0 Å². The summed E-state index contributed by atoms with van der Waals surface area (Å²) in [4.78, 5) is 12.3. The molecule has 8 heteroatoms. The molecule has 0 aliphatic rings. The first-order valence-corrected chi connectivity index (χ1v) is 12.3. The van der Waals surface area contributed by atoms with Gasteiger partial charge in [0.1, 0.15) is 12.3 Å². The number of carbonyl (C=O) groups excluding carboxylic acids is 1. The van der Waals surface area contributed by atoms with Crippen LogP contribution in [0.1, 0.15) is 17.5 Å². The molecule has 0 fully saturated rings. The summed E-state index contributed by atoms with van der Waals surface area (Å²) >= 11 is 1.81. The van der Waals surface area contributed by atoms with Crippen molar-refractivity contribution >= 4 is 33.4 Å². The molecule has 0 aliphatic heterocycles. The minimum Gasteiger partial charge on any atom is -0.495 e. The van der Waals surface area contributed by atoms with Gasteiger partial charge in [0.2, 0.25) is 15.9 Å². The lowest BCUT2D eigenvalue weighted by Crippen LogP contribution is -2.40. The van der Waals surface area contributed by atoms with Gasteiger partial charge in [0, 0.05) is 12.3 Å². The molecule has 2 aromatic carbocycles. The molecule has 158 valence electrons. The fraction of sp³-hybridized carbons (Fsp3) is 0.381. The predicted molar refractivity (Wildman–Crippen MR) is 120 cm³/mol. The summed E-state index contributed by atoms with van der Waals surface area (Å²) < 4.78 is 30.9. The fourth-order valence-electron chi connectivity index (χ4n) is 2.73. The largest absolute Gasteiger partial charge is 0.495 e. The van der Waals surface area contributed by atoms with E-state index in [0.717, 1.165) is 34.1 Å². The normalized spacial score (nSPS) is 11.1. The molecule has 29 heavy (non-hydrogen) atoms. The molecule has 1 amide bonds. The number of ether oxygens (including phenoxy) is 1. The zero-order valence-electron chi connectivity index (χ0n) is 17.1. The Hall–Kier alpha value is -2.19. The lowest BCUT2D eigenvalue weighted by molar-refractivity contribution is -0.119. The Morgan fingerprint density at radius 2 is 1.90 bits per heavy atom. The highest BCUT2D eigenvalue weighted by Gasteiger charge is 2.24. The molecule has 0 saturated carbocycles. The van der Waals surface area contributed by atoms with Crippen LogP contribution in [0.2, 0.25) is 0 Å². The van der Waals surface area contributed by atoms with E-state index in [4.69, 9.17) is 4.74 Å². The van der Waals surface area contributed by atoms with Crippen LogP contribution in [0, 0.1) is 6.92 Å². The Morgan fingerprint density at radius 1 is 1.17 bits per heavy atom. The number of amides is 1. The third-order valence-corrected chi connectivity index (χ3v) is 6.43. The summed E-state index contributed by atoms with van der Waals surface area (Å²) in [5.41, 5.74) is 2.52. The Bertz CT molecular complexity index is 902. The average Bonchev–Trinajstić information content (AvgIpc) is 2.68. The second-order valence-electron chi connectivity index (χ2n) is 6.69. The fourth-order valence-corrected chi connectivity index (χ4v) is 4.50. The van der Waals surface area contributed by atoms with Crippen LogP contribution in [0.15, 0.2) is 48.5 Å². The lowest BCUT2D eigenvalue weighted by Gasteiger charge is -2.24. The smallest absolute Gasteiger partial charge is 0.240 e. The molecular formula is C21H28N2O4S2. The van der Waals surface area contributed by atoms with Crippen LogP contribution < -0.4 is 14.4 Å². The second kappa shape index (κ2) is 11.1. The maximum atomic E-state index is 12.3. The first-order valence-electron chi connectivity index (χ1n) is 9.32. The SMILES string of the molecule is COc1ccc(C)cc1N(CC(=O)NCCCSCc1ccccc1)S(C)(=O)=O. The van der Waals surface area contributed by atoms with E-state index in [1.54, 1.807) is 23.9 Å². The van der Waals surface area contributed by atoms with Crippen LogP contribution in [0.5, 0.6) is 5.75 Å². The topological polar surface area (TPSA) is 75.7 Å². The van der Waals surface area contributed by atoms with Crippen LogP contribution in [-0.4, -0.2) is 46.5 Å². The molecular weight excluding hydrogens is 408 g/mol. The van der Waals surface area contributed by atoms with Crippen LogP contribution in [0.25, 0.3) is 0 Å². The van der Waals surface area contributed by atoms with E-state index in [1.807, 2.05) is 31.2 Å². The zero-order valence-corrected chi connectivity index (χ0v) is 18.7. The van der Waals surface area contributed by atoms with Crippen molar-refractivity contribution < 1.29 is 17.9 Å². The van der Waals surface area contributed by atoms with Crippen LogP contribution in [0.3, 0.4) is 0 Å². The summed E-state index contributed by atoms with van der Waals surface area (Å²) in [5.74, 6) is 1.92. The van der Waals surface area contributed by atoms with Gasteiger partial charge in [-0.3, -0.25) is 9.10 Å². The van der Waals surface area contributed by atoms with Crippen molar-refractivity contribution in [3.05, 3.63) is 59.7 Å². The molecule has 0 atom stereocenters. The standard InChI is InChI=1S/C21H28N2O4S2/c1-17-10-11-20(27-2)19(14-17)23(29(3,25)26)15-21(24)22-12-7-13-28-16-18-8-5-4-6-9-18/h4-6,8-11,14H,7,12-13,15-16H2,1-3H3,(H,22,24). The van der Waals surface area contributed by atoms with Crippen LogP contribution in [-0.2, 0) is 20.6 Å². The molecule has 0 radical (unpaired) electrons. The van der Waals surface area contributed by atoms with Gasteiger partial charge in [-0.05, 0) is 42.4 Å². The highest BCUT2D eigenvalue weighted by Crippen LogP contribution is 2.30. The molecule has 0 aromatic heterocycles. The minimum atomic E-state index is -3.64. The number of anilines is 1. The summed E-state index contributed by atoms with van der Waals surface area (Å²) in [7, 11) is -2.17. The highest BCUT2D eigenvalue weighted by atomic mass is 32.2. The number of nitrogens with zero attached hydrogens (tertiary/aromatic N) is 1. The van der Waals surface area contributed by atoms with Crippen molar-refractivity contribution in [2.24, 2.45) is 0 Å². The number of carbonyl (C=O) groups is 1. The molecule has 2 rings (SSSR count). The van der Waals surface area contributed by atoms with Gasteiger partial charge in [-0.2, -0.15) is 11.8 Å². The summed E-state index contributed by atoms with van der Waals surface area (Å²) in [6.45, 7) is 2.08. The monoisotopic (exact) mass is 436 g/mol. The van der Waals surface area contributed by atoms with Crippen LogP contribution in [0.4, 0.5) is 5.69 Å².